The van der Waals surface area contributed by atoms with Crippen LogP contribution in [0.25, 0.3) is 16.6 Å². The number of carbonyl (C=O) groups excluding carboxylic acids is 3. The molecule has 216 valence electrons. The van der Waals surface area contributed by atoms with Crippen LogP contribution in [0.4, 0.5) is 4.79 Å². The van der Waals surface area contributed by atoms with E-state index in [1.165, 1.54) is 10.5 Å². The molecule has 0 spiro atoms. The lowest BCUT2D eigenvalue weighted by Gasteiger charge is -2.35. The Morgan fingerprint density at radius 1 is 0.902 bits per heavy atom. The summed E-state index contributed by atoms with van der Waals surface area (Å²) in [5.41, 5.74) is 3.85. The number of aromatic nitrogens is 1. The molecule has 8 nitrogen and oxygen atoms in total. The molecule has 0 bridgehead atoms. The van der Waals surface area contributed by atoms with Crippen LogP contribution in [0.5, 0.6) is 0 Å². The number of carbonyl (C=O) groups is 3. The van der Waals surface area contributed by atoms with Gasteiger partial charge in [-0.15, -0.1) is 0 Å². The van der Waals surface area contributed by atoms with E-state index in [4.69, 9.17) is 4.74 Å². The molecular formula is C33H40N4O4. The molecule has 0 aliphatic carbocycles. The van der Waals surface area contributed by atoms with E-state index in [0.29, 0.717) is 30.0 Å². The highest BCUT2D eigenvalue weighted by Gasteiger charge is 2.31. The predicted octanol–water partition coefficient (Wildman–Crippen LogP) is 5.36. The van der Waals surface area contributed by atoms with Gasteiger partial charge < -0.3 is 24.4 Å². The third-order valence-electron chi connectivity index (χ3n) is 8.04. The largest absolute Gasteiger partial charge is 0.444 e. The third kappa shape index (κ3) is 6.64. The molecule has 0 saturated carbocycles. The monoisotopic (exact) mass is 556 g/mol. The Labute approximate surface area is 241 Å². The van der Waals surface area contributed by atoms with Gasteiger partial charge in [-0.3, -0.25) is 9.59 Å². The summed E-state index contributed by atoms with van der Waals surface area (Å²) in [5, 5.41) is 0.716. The van der Waals surface area contributed by atoms with Crippen molar-refractivity contribution in [1.29, 1.82) is 0 Å². The number of rotatable bonds is 6. The van der Waals surface area contributed by atoms with E-state index >= 15 is 0 Å². The number of H-pyrrole nitrogens is 1. The van der Waals surface area contributed by atoms with Gasteiger partial charge in [-0.25, -0.2) is 4.79 Å². The highest BCUT2D eigenvalue weighted by molar-refractivity contribution is 6.44. The lowest BCUT2D eigenvalue weighted by Crippen LogP contribution is -2.53. The topological polar surface area (TPSA) is 86.0 Å². The Hall–Kier alpha value is -4.07. The van der Waals surface area contributed by atoms with Crippen molar-refractivity contribution < 1.29 is 19.1 Å². The second-order valence-electron chi connectivity index (χ2n) is 12.1. The van der Waals surface area contributed by atoms with E-state index < -0.39 is 23.4 Å². The van der Waals surface area contributed by atoms with E-state index in [1.807, 2.05) is 39.0 Å². The van der Waals surface area contributed by atoms with Gasteiger partial charge in [0.25, 0.3) is 11.7 Å². The summed E-state index contributed by atoms with van der Waals surface area (Å²) in [5.74, 6) is -0.444. The molecule has 2 aromatic carbocycles. The average molecular weight is 557 g/mol. The van der Waals surface area contributed by atoms with Crippen molar-refractivity contribution in [2.45, 2.75) is 45.6 Å². The van der Waals surface area contributed by atoms with Crippen LogP contribution in [0.3, 0.4) is 0 Å². The summed E-state index contributed by atoms with van der Waals surface area (Å²) in [7, 11) is 0. The molecule has 1 N–H and O–H groups in total. The number of hydrogen-bond donors (Lipinski definition) is 1. The van der Waals surface area contributed by atoms with Crippen LogP contribution in [0.2, 0.25) is 0 Å². The van der Waals surface area contributed by atoms with Gasteiger partial charge in [0.2, 0.25) is 0 Å². The number of nitrogens with zero attached hydrogens (tertiary/aromatic N) is 3. The van der Waals surface area contributed by atoms with Crippen molar-refractivity contribution in [1.82, 2.24) is 19.7 Å². The van der Waals surface area contributed by atoms with Crippen molar-refractivity contribution in [3.8, 4) is 0 Å². The normalized spacial score (nSPS) is 16.6. The molecule has 0 atom stereocenters. The number of hydrogen-bond acceptors (Lipinski definition) is 5. The van der Waals surface area contributed by atoms with E-state index in [9.17, 15) is 14.4 Å². The quantitative estimate of drug-likeness (QED) is 0.327. The summed E-state index contributed by atoms with van der Waals surface area (Å²) < 4.78 is 5.43. The Morgan fingerprint density at radius 2 is 1.56 bits per heavy atom. The predicted molar refractivity (Wildman–Crippen MR) is 160 cm³/mol. The molecule has 5 rings (SSSR count). The lowest BCUT2D eigenvalue weighted by molar-refractivity contribution is -0.128. The van der Waals surface area contributed by atoms with E-state index in [2.05, 4.69) is 46.8 Å². The number of benzene rings is 2. The molecule has 2 aliphatic rings. The summed E-state index contributed by atoms with van der Waals surface area (Å²) >= 11 is 0. The van der Waals surface area contributed by atoms with Crippen molar-refractivity contribution in [2.24, 2.45) is 5.92 Å². The lowest BCUT2D eigenvalue weighted by atomic mass is 9.89. The van der Waals surface area contributed by atoms with Gasteiger partial charge in [0.05, 0.1) is 5.56 Å². The molecule has 0 radical (unpaired) electrons. The molecule has 0 unspecified atom stereocenters. The Bertz CT molecular complexity index is 1420. The number of Topliss-reactive ketones (excluding diaryl/α,β-unsaturated/α-hetero) is 1. The molecule has 2 fully saturated rings. The van der Waals surface area contributed by atoms with Crippen LogP contribution < -0.4 is 0 Å². The molecule has 2 amide bonds. The summed E-state index contributed by atoms with van der Waals surface area (Å²) in [6, 6.07) is 16.6. The Morgan fingerprint density at radius 3 is 2.22 bits per heavy atom. The van der Waals surface area contributed by atoms with Crippen molar-refractivity contribution in [2.75, 3.05) is 39.3 Å². The van der Waals surface area contributed by atoms with Crippen LogP contribution >= 0.6 is 0 Å². The number of piperazine rings is 1. The maximum Gasteiger partial charge on any atom is 0.410 e. The smallest absolute Gasteiger partial charge is 0.410 e. The number of likely N-dealkylation sites (tertiary alicyclic amines) is 1. The molecule has 2 aliphatic heterocycles. The van der Waals surface area contributed by atoms with E-state index in [0.717, 1.165) is 49.1 Å². The Kier molecular flexibility index (Phi) is 8.20. The fourth-order valence-corrected chi connectivity index (χ4v) is 5.70. The second-order valence-corrected chi connectivity index (χ2v) is 12.1. The van der Waals surface area contributed by atoms with E-state index in [1.54, 1.807) is 11.1 Å². The molecule has 1 aromatic heterocycles. The standard InChI is InChI=1S/C33H40N4O4/c1-23(35-14-12-25(13-15-35)20-24-8-6-5-7-9-24)26-10-11-29-27(21-26)28(22-34-29)30(38)31(39)36-16-18-37(19-17-36)32(40)41-33(2,3)4/h5-11,21-22,25,34H,1,12-20H2,2-4H3. The average Bonchev–Trinajstić information content (AvgIpc) is 3.39. The zero-order valence-corrected chi connectivity index (χ0v) is 24.3. The SMILES string of the molecule is C=C(c1ccc2[nH]cc(C(=O)C(=O)N3CCN(C(=O)OC(C)(C)C)CC3)c2c1)N1CCC(Cc2ccccc2)CC1. The van der Waals surface area contributed by atoms with Crippen LogP contribution in [0.1, 0.15) is 55.1 Å². The van der Waals surface area contributed by atoms with Gasteiger partial charge in [-0.2, -0.15) is 0 Å². The van der Waals surface area contributed by atoms with Gasteiger partial charge in [0.15, 0.2) is 0 Å². The minimum absolute atomic E-state index is 0.286. The first kappa shape index (κ1) is 28.5. The van der Waals surface area contributed by atoms with Crippen LogP contribution in [-0.2, 0) is 16.0 Å². The molecule has 41 heavy (non-hydrogen) atoms. The fraction of sp³-hybridized carbons (Fsp3) is 0.424. The minimum Gasteiger partial charge on any atom is -0.444 e. The van der Waals surface area contributed by atoms with Crippen LogP contribution in [0, 0.1) is 5.92 Å². The van der Waals surface area contributed by atoms with Gasteiger partial charge in [-0.1, -0.05) is 43.0 Å². The Balaban J connectivity index is 1.21. The second kappa shape index (κ2) is 11.8. The first-order chi connectivity index (χ1) is 19.6. The summed E-state index contributed by atoms with van der Waals surface area (Å²) in [6.07, 6.45) is 4.54. The zero-order chi connectivity index (χ0) is 29.1. The van der Waals surface area contributed by atoms with Gasteiger partial charge in [0, 0.05) is 62.1 Å². The molecule has 3 aromatic rings. The molecular weight excluding hydrogens is 516 g/mol. The van der Waals surface area contributed by atoms with Crippen molar-refractivity contribution in [3.63, 3.8) is 0 Å². The number of fused-ring (bicyclic) bond motifs is 1. The zero-order valence-electron chi connectivity index (χ0n) is 24.3. The number of ether oxygens (including phenoxy) is 1. The first-order valence-corrected chi connectivity index (χ1v) is 14.5. The maximum absolute atomic E-state index is 13.3. The maximum atomic E-state index is 13.3. The summed E-state index contributed by atoms with van der Waals surface area (Å²) in [6.45, 7) is 13.0. The van der Waals surface area contributed by atoms with Crippen molar-refractivity contribution in [3.05, 3.63) is 78.0 Å². The van der Waals surface area contributed by atoms with Crippen molar-refractivity contribution >= 4 is 34.4 Å². The van der Waals surface area contributed by atoms with Crippen LogP contribution in [-0.4, -0.2) is 82.3 Å². The molecule has 3 heterocycles. The van der Waals surface area contributed by atoms with Gasteiger partial charge >= 0.3 is 6.09 Å². The van der Waals surface area contributed by atoms with Crippen LogP contribution in [0.15, 0.2) is 61.3 Å². The third-order valence-corrected chi connectivity index (χ3v) is 8.04. The number of nitrogens with one attached hydrogen (secondary N) is 1. The highest BCUT2D eigenvalue weighted by atomic mass is 16.6. The number of ketones is 1. The fourth-order valence-electron chi connectivity index (χ4n) is 5.70. The highest BCUT2D eigenvalue weighted by Crippen LogP contribution is 2.30. The minimum atomic E-state index is -0.585. The molecule has 8 heteroatoms. The number of piperidine rings is 1. The number of aromatic amines is 1. The molecule has 2 saturated heterocycles. The number of amides is 2. The first-order valence-electron chi connectivity index (χ1n) is 14.5. The van der Waals surface area contributed by atoms with E-state index in [-0.39, 0.29) is 13.1 Å². The van der Waals surface area contributed by atoms with Gasteiger partial charge in [0.1, 0.15) is 5.60 Å². The summed E-state index contributed by atoms with van der Waals surface area (Å²) in [4.78, 5) is 47.4. The van der Waals surface area contributed by atoms with Gasteiger partial charge in [-0.05, 0) is 69.2 Å².